The molecule has 0 saturated heterocycles. The molecule has 1 heterocycles. The molecule has 0 saturated carbocycles. The van der Waals surface area contributed by atoms with Gasteiger partial charge in [0.1, 0.15) is 0 Å². The molecule has 1 aliphatic heterocycles. The van der Waals surface area contributed by atoms with E-state index in [2.05, 4.69) is 5.32 Å². The summed E-state index contributed by atoms with van der Waals surface area (Å²) in [6.07, 6.45) is 3.00. The van der Waals surface area contributed by atoms with E-state index in [1.165, 1.54) is 19.2 Å². The second-order valence-corrected chi connectivity index (χ2v) is 3.92. The lowest BCUT2D eigenvalue weighted by Gasteiger charge is -2.03. The van der Waals surface area contributed by atoms with E-state index in [4.69, 9.17) is 0 Å². The Hall–Kier alpha value is -2.43. The van der Waals surface area contributed by atoms with Crippen molar-refractivity contribution in [1.82, 2.24) is 4.90 Å². The molecule has 0 radical (unpaired) electrons. The second-order valence-electron chi connectivity index (χ2n) is 3.92. The topological polar surface area (TPSA) is 66.5 Å². The van der Waals surface area contributed by atoms with Gasteiger partial charge in [-0.25, -0.2) is 0 Å². The van der Waals surface area contributed by atoms with Gasteiger partial charge in [0.2, 0.25) is 5.91 Å². The van der Waals surface area contributed by atoms with Crippen LogP contribution in [-0.4, -0.2) is 29.7 Å². The molecule has 0 bridgehead atoms. The maximum absolute atomic E-state index is 11.7. The number of fused-ring (bicyclic) bond motifs is 1. The zero-order valence-corrected chi connectivity index (χ0v) is 10.1. The third kappa shape index (κ3) is 1.90. The number of imide groups is 1. The molecule has 0 aliphatic carbocycles. The molecule has 1 aliphatic rings. The Morgan fingerprint density at radius 3 is 2.56 bits per heavy atom. The van der Waals surface area contributed by atoms with Crippen molar-refractivity contribution in [2.45, 2.75) is 6.92 Å². The Morgan fingerprint density at radius 2 is 1.89 bits per heavy atom. The summed E-state index contributed by atoms with van der Waals surface area (Å²) in [6.45, 7) is 1.74. The normalized spacial score (nSPS) is 14.2. The standard InChI is InChI=1S/C13H12N2O3/c1-3-4-11(16)14-8-5-6-9-10(7-8)13(18)15(2)12(9)17/h3-7H,1-2H3,(H,14,16). The van der Waals surface area contributed by atoms with Crippen molar-refractivity contribution in [3.05, 3.63) is 41.5 Å². The quantitative estimate of drug-likeness (QED) is 0.632. The Morgan fingerprint density at radius 1 is 1.22 bits per heavy atom. The first-order valence-electron chi connectivity index (χ1n) is 5.44. The van der Waals surface area contributed by atoms with Gasteiger partial charge in [0.25, 0.3) is 11.8 Å². The summed E-state index contributed by atoms with van der Waals surface area (Å²) in [6, 6.07) is 4.66. The number of amides is 3. The summed E-state index contributed by atoms with van der Waals surface area (Å²) in [4.78, 5) is 35.8. The molecule has 0 spiro atoms. The number of nitrogens with one attached hydrogen (secondary N) is 1. The SMILES string of the molecule is CC=CC(=O)Nc1ccc2c(c1)C(=O)N(C)C2=O. The van der Waals surface area contributed by atoms with E-state index in [0.29, 0.717) is 16.8 Å². The van der Waals surface area contributed by atoms with Gasteiger partial charge < -0.3 is 5.32 Å². The first-order valence-corrected chi connectivity index (χ1v) is 5.44. The molecular formula is C13H12N2O3. The molecular weight excluding hydrogens is 232 g/mol. The van der Waals surface area contributed by atoms with E-state index in [1.54, 1.807) is 25.1 Å². The van der Waals surface area contributed by atoms with Crippen molar-refractivity contribution in [2.24, 2.45) is 0 Å². The average molecular weight is 244 g/mol. The maximum atomic E-state index is 11.7. The monoisotopic (exact) mass is 244 g/mol. The van der Waals surface area contributed by atoms with Gasteiger partial charge in [-0.05, 0) is 31.2 Å². The predicted molar refractivity (Wildman–Crippen MR) is 66.3 cm³/mol. The predicted octanol–water partition coefficient (Wildman–Crippen LogP) is 1.43. The minimum atomic E-state index is -0.350. The van der Waals surface area contributed by atoms with E-state index < -0.39 is 0 Å². The van der Waals surface area contributed by atoms with Crippen molar-refractivity contribution in [2.75, 3.05) is 12.4 Å². The molecule has 5 heteroatoms. The van der Waals surface area contributed by atoms with Gasteiger partial charge in [-0.2, -0.15) is 0 Å². The molecule has 0 atom stereocenters. The van der Waals surface area contributed by atoms with Crippen LogP contribution in [0.2, 0.25) is 0 Å². The van der Waals surface area contributed by atoms with Gasteiger partial charge in [0, 0.05) is 12.7 Å². The summed E-state index contributed by atoms with van der Waals surface area (Å²) in [7, 11) is 1.43. The van der Waals surface area contributed by atoms with Gasteiger partial charge in [0.05, 0.1) is 11.1 Å². The molecule has 5 nitrogen and oxygen atoms in total. The van der Waals surface area contributed by atoms with Crippen LogP contribution in [0.1, 0.15) is 27.6 Å². The summed E-state index contributed by atoms with van der Waals surface area (Å²) in [5, 5.41) is 2.61. The van der Waals surface area contributed by atoms with E-state index in [0.717, 1.165) is 4.90 Å². The van der Waals surface area contributed by atoms with Crippen LogP contribution in [0.25, 0.3) is 0 Å². The fourth-order valence-corrected chi connectivity index (χ4v) is 1.77. The van der Waals surface area contributed by atoms with Crippen LogP contribution >= 0.6 is 0 Å². The van der Waals surface area contributed by atoms with Gasteiger partial charge in [0.15, 0.2) is 0 Å². The number of carbonyl (C=O) groups excluding carboxylic acids is 3. The number of carbonyl (C=O) groups is 3. The van der Waals surface area contributed by atoms with Crippen LogP contribution in [0.15, 0.2) is 30.4 Å². The Balaban J connectivity index is 2.32. The summed E-state index contributed by atoms with van der Waals surface area (Å²) in [5.74, 6) is -0.943. The number of benzene rings is 1. The fourth-order valence-electron chi connectivity index (χ4n) is 1.77. The largest absolute Gasteiger partial charge is 0.322 e. The second kappa shape index (κ2) is 4.44. The minimum absolute atomic E-state index is 0.275. The molecule has 0 unspecified atom stereocenters. The number of anilines is 1. The maximum Gasteiger partial charge on any atom is 0.261 e. The third-order valence-electron chi connectivity index (χ3n) is 2.68. The zero-order valence-electron chi connectivity index (χ0n) is 10.1. The Bertz CT molecular complexity index is 576. The van der Waals surface area contributed by atoms with Crippen LogP contribution < -0.4 is 5.32 Å². The molecule has 1 N–H and O–H groups in total. The van der Waals surface area contributed by atoms with E-state index in [1.807, 2.05) is 0 Å². The average Bonchev–Trinajstić information content (AvgIpc) is 2.55. The van der Waals surface area contributed by atoms with Gasteiger partial charge in [-0.3, -0.25) is 19.3 Å². The Labute approximate surface area is 104 Å². The lowest BCUT2D eigenvalue weighted by atomic mass is 10.1. The van der Waals surface area contributed by atoms with Crippen molar-refractivity contribution >= 4 is 23.4 Å². The number of rotatable bonds is 2. The first kappa shape index (κ1) is 12.0. The number of nitrogens with zero attached hydrogens (tertiary/aromatic N) is 1. The van der Waals surface area contributed by atoms with Gasteiger partial charge in [-0.15, -0.1) is 0 Å². The smallest absolute Gasteiger partial charge is 0.261 e. The molecule has 0 aromatic heterocycles. The highest BCUT2D eigenvalue weighted by atomic mass is 16.2. The molecule has 2 rings (SSSR count). The summed E-state index contributed by atoms with van der Waals surface area (Å²) >= 11 is 0. The van der Waals surface area contributed by atoms with E-state index in [-0.39, 0.29) is 17.7 Å². The molecule has 92 valence electrons. The third-order valence-corrected chi connectivity index (χ3v) is 2.68. The summed E-state index contributed by atoms with van der Waals surface area (Å²) < 4.78 is 0. The van der Waals surface area contributed by atoms with Gasteiger partial charge in [-0.1, -0.05) is 6.08 Å². The van der Waals surface area contributed by atoms with E-state index >= 15 is 0 Å². The van der Waals surface area contributed by atoms with Crippen molar-refractivity contribution in [1.29, 1.82) is 0 Å². The number of hydrogen-bond donors (Lipinski definition) is 1. The molecule has 18 heavy (non-hydrogen) atoms. The van der Waals surface area contributed by atoms with E-state index in [9.17, 15) is 14.4 Å². The number of allylic oxidation sites excluding steroid dienone is 1. The minimum Gasteiger partial charge on any atom is -0.322 e. The van der Waals surface area contributed by atoms with Crippen LogP contribution in [0.4, 0.5) is 5.69 Å². The van der Waals surface area contributed by atoms with Crippen molar-refractivity contribution in [3.63, 3.8) is 0 Å². The first-order chi connectivity index (χ1) is 8.54. The fraction of sp³-hybridized carbons (Fsp3) is 0.154. The molecule has 1 aromatic carbocycles. The summed E-state index contributed by atoms with van der Waals surface area (Å²) in [5.41, 5.74) is 1.18. The molecule has 3 amide bonds. The lowest BCUT2D eigenvalue weighted by molar-refractivity contribution is -0.111. The van der Waals surface area contributed by atoms with Crippen LogP contribution in [0.3, 0.4) is 0 Å². The highest BCUT2D eigenvalue weighted by Crippen LogP contribution is 2.24. The van der Waals surface area contributed by atoms with Gasteiger partial charge >= 0.3 is 0 Å². The van der Waals surface area contributed by atoms with Crippen molar-refractivity contribution < 1.29 is 14.4 Å². The lowest BCUT2D eigenvalue weighted by Crippen LogP contribution is -2.24. The van der Waals surface area contributed by atoms with Crippen LogP contribution in [-0.2, 0) is 4.79 Å². The van der Waals surface area contributed by atoms with Crippen LogP contribution in [0, 0.1) is 0 Å². The van der Waals surface area contributed by atoms with Crippen LogP contribution in [0.5, 0.6) is 0 Å². The molecule has 1 aromatic rings. The number of hydrogen-bond acceptors (Lipinski definition) is 3. The van der Waals surface area contributed by atoms with Crippen molar-refractivity contribution in [3.8, 4) is 0 Å². The highest BCUT2D eigenvalue weighted by Gasteiger charge is 2.32. The Kier molecular flexibility index (Phi) is 2.97. The zero-order chi connectivity index (χ0) is 13.3. The molecule has 0 fully saturated rings. The highest BCUT2D eigenvalue weighted by molar-refractivity contribution is 6.21.